The van der Waals surface area contributed by atoms with Crippen molar-refractivity contribution in [3.05, 3.63) is 36.4 Å². The second-order valence-electron chi connectivity index (χ2n) is 3.96. The first-order chi connectivity index (χ1) is 8.52. The lowest BCUT2D eigenvalue weighted by Crippen LogP contribution is -2.06. The normalized spacial score (nSPS) is 11.7. The molecule has 96 valence electrons. The van der Waals surface area contributed by atoms with Gasteiger partial charge in [-0.2, -0.15) is 0 Å². The lowest BCUT2D eigenvalue weighted by atomic mass is 10.1. The number of hydrogen-bond acceptors (Lipinski definition) is 5. The second-order valence-corrected chi connectivity index (χ2v) is 5.97. The summed E-state index contributed by atoms with van der Waals surface area (Å²) in [5.74, 6) is 0.592. The molecule has 0 saturated heterocycles. The van der Waals surface area contributed by atoms with Gasteiger partial charge >= 0.3 is 0 Å². The van der Waals surface area contributed by atoms with E-state index in [0.29, 0.717) is 17.9 Å². The topological polar surface area (TPSA) is 72.2 Å². The SMILES string of the molecule is CNCc1ncoc1-c1cccc(S(C)(=O)=O)c1. The first-order valence-electron chi connectivity index (χ1n) is 5.40. The molecule has 1 heterocycles. The van der Waals surface area contributed by atoms with E-state index in [1.807, 2.05) is 7.05 Å². The van der Waals surface area contributed by atoms with Crippen molar-refractivity contribution in [2.75, 3.05) is 13.3 Å². The minimum Gasteiger partial charge on any atom is -0.443 e. The molecule has 6 heteroatoms. The maximum absolute atomic E-state index is 11.5. The highest BCUT2D eigenvalue weighted by Crippen LogP contribution is 2.25. The summed E-state index contributed by atoms with van der Waals surface area (Å²) in [4.78, 5) is 4.37. The van der Waals surface area contributed by atoms with Gasteiger partial charge in [0, 0.05) is 18.4 Å². The molecule has 0 radical (unpaired) electrons. The number of rotatable bonds is 4. The molecule has 0 spiro atoms. The summed E-state index contributed by atoms with van der Waals surface area (Å²) in [5.41, 5.74) is 1.46. The van der Waals surface area contributed by atoms with E-state index in [1.54, 1.807) is 24.3 Å². The van der Waals surface area contributed by atoms with Gasteiger partial charge in [0.25, 0.3) is 0 Å². The van der Waals surface area contributed by atoms with Crippen LogP contribution in [0.3, 0.4) is 0 Å². The monoisotopic (exact) mass is 266 g/mol. The molecule has 0 fully saturated rings. The largest absolute Gasteiger partial charge is 0.443 e. The summed E-state index contributed by atoms with van der Waals surface area (Å²) in [6.07, 6.45) is 2.54. The molecule has 0 aliphatic carbocycles. The van der Waals surface area contributed by atoms with Crippen LogP contribution in [0.5, 0.6) is 0 Å². The summed E-state index contributed by atoms with van der Waals surface area (Å²) < 4.78 is 28.3. The fraction of sp³-hybridized carbons (Fsp3) is 0.250. The zero-order valence-electron chi connectivity index (χ0n) is 10.2. The first-order valence-corrected chi connectivity index (χ1v) is 7.29. The average Bonchev–Trinajstić information content (AvgIpc) is 2.77. The Labute approximate surface area is 106 Å². The predicted octanol–water partition coefficient (Wildman–Crippen LogP) is 1.46. The predicted molar refractivity (Wildman–Crippen MR) is 67.8 cm³/mol. The number of oxazole rings is 1. The van der Waals surface area contributed by atoms with E-state index in [1.165, 1.54) is 12.6 Å². The van der Waals surface area contributed by atoms with E-state index < -0.39 is 9.84 Å². The molecule has 2 aromatic rings. The maximum atomic E-state index is 11.5. The Morgan fingerprint density at radius 3 is 2.83 bits per heavy atom. The van der Waals surface area contributed by atoms with Crippen LogP contribution in [0.1, 0.15) is 5.69 Å². The molecule has 5 nitrogen and oxygen atoms in total. The fourth-order valence-corrected chi connectivity index (χ4v) is 2.33. The van der Waals surface area contributed by atoms with Gasteiger partial charge in [0.1, 0.15) is 5.69 Å². The smallest absolute Gasteiger partial charge is 0.181 e. The van der Waals surface area contributed by atoms with E-state index in [-0.39, 0.29) is 4.90 Å². The Hall–Kier alpha value is -1.66. The third kappa shape index (κ3) is 2.60. The number of hydrogen-bond donors (Lipinski definition) is 1. The van der Waals surface area contributed by atoms with Crippen molar-refractivity contribution in [3.63, 3.8) is 0 Å². The van der Waals surface area contributed by atoms with Gasteiger partial charge in [-0.25, -0.2) is 13.4 Å². The Kier molecular flexibility index (Phi) is 3.49. The molecule has 18 heavy (non-hydrogen) atoms. The average molecular weight is 266 g/mol. The Morgan fingerprint density at radius 2 is 2.17 bits per heavy atom. The Balaban J connectivity index is 2.48. The first kappa shape index (κ1) is 12.8. The van der Waals surface area contributed by atoms with Crippen LogP contribution >= 0.6 is 0 Å². The summed E-state index contributed by atoms with van der Waals surface area (Å²) in [7, 11) is -1.41. The van der Waals surface area contributed by atoms with Crippen LogP contribution in [0, 0.1) is 0 Å². The van der Waals surface area contributed by atoms with Crippen LogP contribution in [0.4, 0.5) is 0 Å². The van der Waals surface area contributed by atoms with Crippen LogP contribution in [0.25, 0.3) is 11.3 Å². The number of nitrogens with one attached hydrogen (secondary N) is 1. The van der Waals surface area contributed by atoms with Crippen molar-refractivity contribution in [3.8, 4) is 11.3 Å². The van der Waals surface area contributed by atoms with Gasteiger partial charge in [-0.3, -0.25) is 0 Å². The molecule has 0 aliphatic heterocycles. The van der Waals surface area contributed by atoms with E-state index >= 15 is 0 Å². The zero-order valence-corrected chi connectivity index (χ0v) is 11.0. The van der Waals surface area contributed by atoms with Crippen molar-refractivity contribution in [1.29, 1.82) is 0 Å². The van der Waals surface area contributed by atoms with E-state index in [4.69, 9.17) is 4.42 Å². The second kappa shape index (κ2) is 4.91. The lowest BCUT2D eigenvalue weighted by Gasteiger charge is -2.03. The molecule has 1 aromatic heterocycles. The van der Waals surface area contributed by atoms with Crippen LogP contribution in [-0.2, 0) is 16.4 Å². The van der Waals surface area contributed by atoms with Crippen molar-refractivity contribution < 1.29 is 12.8 Å². The van der Waals surface area contributed by atoms with Crippen LogP contribution in [0.15, 0.2) is 40.0 Å². The summed E-state index contributed by atoms with van der Waals surface area (Å²) >= 11 is 0. The molecule has 0 atom stereocenters. The van der Waals surface area contributed by atoms with Gasteiger partial charge in [0.15, 0.2) is 22.0 Å². The summed E-state index contributed by atoms with van der Waals surface area (Å²) in [6.45, 7) is 0.564. The van der Waals surface area contributed by atoms with E-state index in [2.05, 4.69) is 10.3 Å². The van der Waals surface area contributed by atoms with Crippen molar-refractivity contribution >= 4 is 9.84 Å². The van der Waals surface area contributed by atoms with Gasteiger partial charge in [-0.1, -0.05) is 12.1 Å². The number of nitrogens with zero attached hydrogens (tertiary/aromatic N) is 1. The summed E-state index contributed by atoms with van der Waals surface area (Å²) in [5, 5.41) is 2.98. The van der Waals surface area contributed by atoms with Crippen LogP contribution < -0.4 is 5.32 Å². The highest BCUT2D eigenvalue weighted by molar-refractivity contribution is 7.90. The molecule has 0 aliphatic rings. The molecule has 1 aromatic carbocycles. The maximum Gasteiger partial charge on any atom is 0.181 e. The molecular weight excluding hydrogens is 252 g/mol. The van der Waals surface area contributed by atoms with Crippen LogP contribution in [0.2, 0.25) is 0 Å². The molecule has 0 bridgehead atoms. The van der Waals surface area contributed by atoms with Gasteiger partial charge in [0.05, 0.1) is 4.90 Å². The molecular formula is C12H14N2O3S. The minimum atomic E-state index is -3.22. The molecule has 0 amide bonds. The third-order valence-corrected chi connectivity index (χ3v) is 3.62. The quantitative estimate of drug-likeness (QED) is 0.907. The van der Waals surface area contributed by atoms with Crippen molar-refractivity contribution in [2.45, 2.75) is 11.4 Å². The van der Waals surface area contributed by atoms with Gasteiger partial charge in [0.2, 0.25) is 0 Å². The van der Waals surface area contributed by atoms with Gasteiger partial charge in [-0.15, -0.1) is 0 Å². The standard InChI is InChI=1S/C12H14N2O3S/c1-13-7-11-12(17-8-14-11)9-4-3-5-10(6-9)18(2,15)16/h3-6,8,13H,7H2,1-2H3. The Bertz CT molecular complexity index is 647. The Morgan fingerprint density at radius 1 is 1.39 bits per heavy atom. The van der Waals surface area contributed by atoms with Crippen LogP contribution in [-0.4, -0.2) is 26.7 Å². The molecule has 2 rings (SSSR count). The fourth-order valence-electron chi connectivity index (χ4n) is 1.67. The van der Waals surface area contributed by atoms with Gasteiger partial charge in [-0.05, 0) is 19.2 Å². The number of benzene rings is 1. The molecule has 0 saturated carbocycles. The molecule has 1 N–H and O–H groups in total. The van der Waals surface area contributed by atoms with E-state index in [0.717, 1.165) is 5.69 Å². The highest BCUT2D eigenvalue weighted by Gasteiger charge is 2.13. The van der Waals surface area contributed by atoms with E-state index in [9.17, 15) is 8.42 Å². The highest BCUT2D eigenvalue weighted by atomic mass is 32.2. The number of aromatic nitrogens is 1. The molecule has 0 unspecified atom stereocenters. The zero-order chi connectivity index (χ0) is 13.2. The summed E-state index contributed by atoms with van der Waals surface area (Å²) in [6, 6.07) is 6.65. The van der Waals surface area contributed by atoms with Crippen molar-refractivity contribution in [2.24, 2.45) is 0 Å². The third-order valence-electron chi connectivity index (χ3n) is 2.51. The lowest BCUT2D eigenvalue weighted by molar-refractivity contribution is 0.570. The number of sulfone groups is 1. The van der Waals surface area contributed by atoms with Crippen molar-refractivity contribution in [1.82, 2.24) is 10.3 Å². The van der Waals surface area contributed by atoms with Gasteiger partial charge < -0.3 is 9.73 Å². The minimum absolute atomic E-state index is 0.270.